The second kappa shape index (κ2) is 12.3. The Balaban J connectivity index is 1.35. The van der Waals surface area contributed by atoms with Crippen molar-refractivity contribution >= 4 is 28.4 Å². The van der Waals surface area contributed by atoms with Gasteiger partial charge in [0.1, 0.15) is 0 Å². The molecule has 8 rings (SSSR count). The van der Waals surface area contributed by atoms with Crippen molar-refractivity contribution in [3.63, 3.8) is 0 Å². The molecule has 0 saturated carbocycles. The first-order valence-electron chi connectivity index (χ1n) is 20.9. The van der Waals surface area contributed by atoms with Gasteiger partial charge in [-0.25, -0.2) is 0 Å². The highest BCUT2D eigenvalue weighted by Crippen LogP contribution is 2.54. The van der Waals surface area contributed by atoms with Crippen LogP contribution < -0.4 is 10.2 Å². The molecule has 2 heteroatoms. The number of hydrogen-bond donors (Lipinski definition) is 1. The SMILES string of the molecule is CC(C)(C)c1cc(Nc2cccc3c2-c2ccccc2C3(C)C)cc(N(c2ccc3c(c2)C(C)(C)CCC3(C)C)c2ccc3c(c2)C(C)(C)CCC3(C)C)c1. The Kier molecular flexibility index (Phi) is 8.45. The lowest BCUT2D eigenvalue weighted by Crippen LogP contribution is -2.34. The lowest BCUT2D eigenvalue weighted by molar-refractivity contribution is 0.332. The van der Waals surface area contributed by atoms with E-state index in [1.807, 2.05) is 0 Å². The molecule has 55 heavy (non-hydrogen) atoms. The summed E-state index contributed by atoms with van der Waals surface area (Å²) in [5.74, 6) is 0. The predicted octanol–water partition coefficient (Wildman–Crippen LogP) is 15.2. The zero-order valence-corrected chi connectivity index (χ0v) is 36.0. The highest BCUT2D eigenvalue weighted by atomic mass is 15.1. The van der Waals surface area contributed by atoms with Crippen molar-refractivity contribution in [2.24, 2.45) is 0 Å². The van der Waals surface area contributed by atoms with Crippen molar-refractivity contribution in [3.8, 4) is 11.1 Å². The van der Waals surface area contributed by atoms with E-state index >= 15 is 0 Å². The first kappa shape index (κ1) is 37.6. The van der Waals surface area contributed by atoms with Crippen LogP contribution in [0.15, 0.2) is 97.1 Å². The Labute approximate surface area is 332 Å². The topological polar surface area (TPSA) is 15.3 Å². The highest BCUT2D eigenvalue weighted by Gasteiger charge is 2.40. The standard InChI is InChI=1S/C53H64N2/c1-48(2,3)34-29-35(54-46-20-16-19-43-47(46)39-17-14-15-18-40(39)53(43,12)13)31-38(30-34)55(36-21-23-41-44(32-36)51(8,9)27-25-49(41,4)5)37-22-24-42-45(33-37)52(10,11)28-26-50(42,6)7/h14-24,29-33,54H,25-28H2,1-13H3. The van der Waals surface area contributed by atoms with E-state index in [4.69, 9.17) is 0 Å². The summed E-state index contributed by atoms with van der Waals surface area (Å²) < 4.78 is 0. The van der Waals surface area contributed by atoms with E-state index in [1.54, 1.807) is 0 Å². The minimum atomic E-state index is -0.0604. The van der Waals surface area contributed by atoms with Gasteiger partial charge in [0.2, 0.25) is 0 Å². The number of fused-ring (bicyclic) bond motifs is 5. The minimum absolute atomic E-state index is 0.0532. The van der Waals surface area contributed by atoms with Crippen molar-refractivity contribution < 1.29 is 0 Å². The quantitative estimate of drug-likeness (QED) is 0.194. The summed E-state index contributed by atoms with van der Waals surface area (Å²) in [6.07, 6.45) is 4.79. The van der Waals surface area contributed by atoms with Gasteiger partial charge in [0.25, 0.3) is 0 Å². The van der Waals surface area contributed by atoms with E-state index in [0.717, 1.165) is 11.4 Å². The maximum atomic E-state index is 4.01. The van der Waals surface area contributed by atoms with Crippen molar-refractivity contribution in [1.82, 2.24) is 0 Å². The van der Waals surface area contributed by atoms with Gasteiger partial charge < -0.3 is 10.2 Å². The molecule has 0 fully saturated rings. The third-order valence-corrected chi connectivity index (χ3v) is 14.1. The molecule has 1 N–H and O–H groups in total. The monoisotopic (exact) mass is 729 g/mol. The Hall–Kier alpha value is -4.30. The Morgan fingerprint density at radius 2 is 0.982 bits per heavy atom. The van der Waals surface area contributed by atoms with E-state index in [-0.39, 0.29) is 32.5 Å². The fraction of sp³-hybridized carbons (Fsp3) is 0.434. The molecular formula is C53H64N2. The van der Waals surface area contributed by atoms with E-state index < -0.39 is 0 Å². The summed E-state index contributed by atoms with van der Waals surface area (Å²) >= 11 is 0. The number of nitrogens with one attached hydrogen (secondary N) is 1. The average Bonchev–Trinajstić information content (AvgIpc) is 3.35. The summed E-state index contributed by atoms with van der Waals surface area (Å²) in [5.41, 5.74) is 19.0. The summed E-state index contributed by atoms with van der Waals surface area (Å²) in [5, 5.41) is 4.01. The summed E-state index contributed by atoms with van der Waals surface area (Å²) in [6, 6.07) is 37.7. The average molecular weight is 729 g/mol. The molecule has 0 aromatic heterocycles. The first-order valence-corrected chi connectivity index (χ1v) is 20.9. The molecule has 0 atom stereocenters. The van der Waals surface area contributed by atoms with Gasteiger partial charge in [0.05, 0.1) is 0 Å². The highest BCUT2D eigenvalue weighted by molar-refractivity contribution is 5.92. The minimum Gasteiger partial charge on any atom is -0.355 e. The van der Waals surface area contributed by atoms with Crippen LogP contribution in [-0.4, -0.2) is 0 Å². The second-order valence-corrected chi connectivity index (χ2v) is 21.4. The Morgan fingerprint density at radius 1 is 0.473 bits per heavy atom. The first-order chi connectivity index (χ1) is 25.6. The van der Waals surface area contributed by atoms with Gasteiger partial charge in [-0.3, -0.25) is 0 Å². The van der Waals surface area contributed by atoms with Crippen LogP contribution in [0.3, 0.4) is 0 Å². The number of rotatable bonds is 5. The molecule has 0 spiro atoms. The molecule has 286 valence electrons. The summed E-state index contributed by atoms with van der Waals surface area (Å²) in [4.78, 5) is 2.56. The largest absolute Gasteiger partial charge is 0.355 e. The summed E-state index contributed by atoms with van der Waals surface area (Å²) in [6.45, 7) is 31.2. The molecule has 0 bridgehead atoms. The zero-order chi connectivity index (χ0) is 39.5. The van der Waals surface area contributed by atoms with Gasteiger partial charge >= 0.3 is 0 Å². The molecule has 0 amide bonds. The molecule has 5 aromatic carbocycles. The molecule has 0 heterocycles. The third kappa shape index (κ3) is 6.23. The lowest BCUT2D eigenvalue weighted by Gasteiger charge is -2.43. The van der Waals surface area contributed by atoms with Gasteiger partial charge in [-0.15, -0.1) is 0 Å². The smallest absolute Gasteiger partial charge is 0.0485 e. The second-order valence-electron chi connectivity index (χ2n) is 21.4. The molecule has 0 saturated heterocycles. The van der Waals surface area contributed by atoms with Crippen LogP contribution in [0.1, 0.15) is 155 Å². The fourth-order valence-electron chi connectivity index (χ4n) is 10.1. The van der Waals surface area contributed by atoms with Crippen LogP contribution in [0.4, 0.5) is 28.4 Å². The van der Waals surface area contributed by atoms with Crippen molar-refractivity contribution in [1.29, 1.82) is 0 Å². The molecule has 3 aliphatic carbocycles. The van der Waals surface area contributed by atoms with Crippen LogP contribution in [-0.2, 0) is 32.5 Å². The number of anilines is 5. The van der Waals surface area contributed by atoms with Gasteiger partial charge in [0, 0.05) is 39.4 Å². The number of nitrogens with zero attached hydrogens (tertiary/aromatic N) is 1. The van der Waals surface area contributed by atoms with Crippen LogP contribution in [0.5, 0.6) is 0 Å². The van der Waals surface area contributed by atoms with E-state index in [1.165, 1.54) is 92.8 Å². The van der Waals surface area contributed by atoms with Crippen molar-refractivity contribution in [2.45, 2.75) is 148 Å². The Morgan fingerprint density at radius 3 is 1.53 bits per heavy atom. The van der Waals surface area contributed by atoms with Gasteiger partial charge in [-0.05, 0) is 146 Å². The van der Waals surface area contributed by atoms with Gasteiger partial charge in [-0.1, -0.05) is 139 Å². The molecular weight excluding hydrogens is 665 g/mol. The van der Waals surface area contributed by atoms with E-state index in [0.29, 0.717) is 0 Å². The molecule has 0 aliphatic heterocycles. The van der Waals surface area contributed by atoms with Crippen molar-refractivity contribution in [2.75, 3.05) is 10.2 Å². The normalized spacial score (nSPS) is 19.4. The maximum absolute atomic E-state index is 4.01. The molecule has 0 radical (unpaired) electrons. The maximum Gasteiger partial charge on any atom is 0.0485 e. The third-order valence-electron chi connectivity index (χ3n) is 14.1. The molecule has 0 unspecified atom stereocenters. The van der Waals surface area contributed by atoms with Crippen LogP contribution in [0, 0.1) is 0 Å². The molecule has 2 nitrogen and oxygen atoms in total. The summed E-state index contributed by atoms with van der Waals surface area (Å²) in [7, 11) is 0. The van der Waals surface area contributed by atoms with Gasteiger partial charge in [-0.2, -0.15) is 0 Å². The zero-order valence-electron chi connectivity index (χ0n) is 36.0. The van der Waals surface area contributed by atoms with Gasteiger partial charge in [0.15, 0.2) is 0 Å². The van der Waals surface area contributed by atoms with E-state index in [2.05, 4.69) is 197 Å². The predicted molar refractivity (Wildman–Crippen MR) is 238 cm³/mol. The fourth-order valence-corrected chi connectivity index (χ4v) is 10.1. The van der Waals surface area contributed by atoms with Crippen molar-refractivity contribution in [3.05, 3.63) is 136 Å². The van der Waals surface area contributed by atoms with Crippen LogP contribution >= 0.6 is 0 Å². The number of benzene rings is 5. The molecule has 5 aromatic rings. The molecule has 3 aliphatic rings. The van der Waals surface area contributed by atoms with Crippen LogP contribution in [0.25, 0.3) is 11.1 Å². The lowest BCUT2D eigenvalue weighted by atomic mass is 9.63. The van der Waals surface area contributed by atoms with Crippen LogP contribution in [0.2, 0.25) is 0 Å². The van der Waals surface area contributed by atoms with E-state index in [9.17, 15) is 0 Å². The number of hydrogen-bond acceptors (Lipinski definition) is 2. The Bertz CT molecular complexity index is 2240.